The van der Waals surface area contributed by atoms with Gasteiger partial charge in [-0.25, -0.2) is 14.3 Å². The van der Waals surface area contributed by atoms with Gasteiger partial charge in [-0.3, -0.25) is 14.2 Å². The number of para-hydroxylation sites is 1. The van der Waals surface area contributed by atoms with E-state index in [2.05, 4.69) is 4.98 Å². The van der Waals surface area contributed by atoms with E-state index in [0.29, 0.717) is 17.0 Å². The Hall–Kier alpha value is -3.94. The quantitative estimate of drug-likeness (QED) is 0.426. The number of aromatic nitrogens is 4. The van der Waals surface area contributed by atoms with Gasteiger partial charge in [0.2, 0.25) is 0 Å². The van der Waals surface area contributed by atoms with Crippen LogP contribution in [-0.2, 0) is 6.54 Å². The Bertz CT molecular complexity index is 1440. The minimum absolute atomic E-state index is 0.0728. The summed E-state index contributed by atoms with van der Waals surface area (Å²) in [5.74, 6) is 0.398. The fourth-order valence-corrected chi connectivity index (χ4v) is 4.61. The topological polar surface area (TPSA) is 88.1 Å². The lowest BCUT2D eigenvalue weighted by atomic mass is 10.1. The molecule has 5 rings (SSSR count). The maximum atomic E-state index is 13.6. The van der Waals surface area contributed by atoms with Gasteiger partial charge in [0.25, 0.3) is 5.56 Å². The highest BCUT2D eigenvalue weighted by Gasteiger charge is 2.26. The lowest BCUT2D eigenvalue weighted by Gasteiger charge is -2.16. The zero-order chi connectivity index (χ0) is 22.9. The fraction of sp³-hybridized carbons (Fsp3) is 0.280. The van der Waals surface area contributed by atoms with Crippen molar-refractivity contribution in [2.45, 2.75) is 38.3 Å². The number of ether oxygens (including phenoxy) is 1. The molecule has 1 saturated carbocycles. The second-order valence-electron chi connectivity index (χ2n) is 8.27. The van der Waals surface area contributed by atoms with Gasteiger partial charge in [0.1, 0.15) is 5.75 Å². The van der Waals surface area contributed by atoms with Crippen molar-refractivity contribution in [2.75, 3.05) is 7.11 Å². The van der Waals surface area contributed by atoms with Gasteiger partial charge >= 0.3 is 5.69 Å². The zero-order valence-electron chi connectivity index (χ0n) is 18.3. The molecule has 1 aliphatic rings. The van der Waals surface area contributed by atoms with Crippen LogP contribution in [0.5, 0.6) is 5.75 Å². The van der Waals surface area contributed by atoms with Crippen LogP contribution in [-0.4, -0.2) is 31.6 Å². The minimum Gasteiger partial charge on any atom is -0.497 e. The van der Waals surface area contributed by atoms with E-state index >= 15 is 0 Å². The number of carbonyl (C=O) groups is 1. The van der Waals surface area contributed by atoms with E-state index in [9.17, 15) is 14.4 Å². The molecule has 4 aromatic rings. The summed E-state index contributed by atoms with van der Waals surface area (Å²) in [6.45, 7) is -0.0728. The van der Waals surface area contributed by atoms with Gasteiger partial charge in [0.15, 0.2) is 16.9 Å². The molecule has 1 fully saturated rings. The van der Waals surface area contributed by atoms with Gasteiger partial charge in [0.05, 0.1) is 25.7 Å². The van der Waals surface area contributed by atoms with Crippen LogP contribution in [0.25, 0.3) is 16.9 Å². The van der Waals surface area contributed by atoms with Crippen LogP contribution in [0.2, 0.25) is 0 Å². The Morgan fingerprint density at radius 2 is 1.82 bits per heavy atom. The van der Waals surface area contributed by atoms with Crippen LogP contribution in [0, 0.1) is 0 Å². The maximum Gasteiger partial charge on any atom is 0.337 e. The number of rotatable bonds is 6. The van der Waals surface area contributed by atoms with E-state index in [-0.39, 0.29) is 29.5 Å². The fourth-order valence-electron chi connectivity index (χ4n) is 4.61. The molecular formula is C25H24N4O4. The number of ketones is 1. The number of benzene rings is 2. The molecule has 0 atom stereocenters. The van der Waals surface area contributed by atoms with E-state index in [1.165, 1.54) is 15.5 Å². The van der Waals surface area contributed by atoms with Crippen molar-refractivity contribution in [1.82, 2.24) is 18.7 Å². The minimum atomic E-state index is -0.398. The van der Waals surface area contributed by atoms with Gasteiger partial charge in [0, 0.05) is 11.6 Å². The predicted octanol–water partition coefficient (Wildman–Crippen LogP) is 3.36. The number of nitrogens with zero attached hydrogens (tertiary/aromatic N) is 4. The molecule has 0 spiro atoms. The number of methoxy groups -OCH3 is 1. The van der Waals surface area contributed by atoms with Crippen molar-refractivity contribution in [3.63, 3.8) is 0 Å². The second-order valence-corrected chi connectivity index (χ2v) is 8.27. The molecule has 0 aliphatic heterocycles. The molecule has 1 aliphatic carbocycles. The monoisotopic (exact) mass is 444 g/mol. The summed E-state index contributed by atoms with van der Waals surface area (Å²) in [4.78, 5) is 44.5. The first kappa shape index (κ1) is 20.9. The Balaban J connectivity index is 1.69. The Morgan fingerprint density at radius 3 is 2.55 bits per heavy atom. The summed E-state index contributed by atoms with van der Waals surface area (Å²) < 4.78 is 9.59. The molecule has 0 amide bonds. The standard InChI is InChI=1S/C25H24N4O4/c1-33-20-13-7-8-17(14-20)21(30)15-27-16-26-23-22(27)24(31)29(19-11-5-6-12-19)25(32)28(23)18-9-3-2-4-10-18/h2-4,7-10,13-14,16,19H,5-6,11-12,15H2,1H3. The van der Waals surface area contributed by atoms with Crippen LogP contribution < -0.4 is 16.0 Å². The molecule has 0 unspecified atom stereocenters. The van der Waals surface area contributed by atoms with Crippen LogP contribution in [0.3, 0.4) is 0 Å². The summed E-state index contributed by atoms with van der Waals surface area (Å²) in [5, 5.41) is 0. The first-order chi connectivity index (χ1) is 16.1. The Kier molecular flexibility index (Phi) is 5.42. The third kappa shape index (κ3) is 3.67. The molecule has 0 N–H and O–H groups in total. The van der Waals surface area contributed by atoms with Crippen molar-refractivity contribution >= 4 is 16.9 Å². The molecule has 0 radical (unpaired) electrons. The van der Waals surface area contributed by atoms with Crippen molar-refractivity contribution in [2.24, 2.45) is 0 Å². The molecule has 0 bridgehead atoms. The first-order valence-electron chi connectivity index (χ1n) is 11.0. The largest absolute Gasteiger partial charge is 0.497 e. The number of imidazole rings is 1. The molecule has 8 nitrogen and oxygen atoms in total. The molecule has 0 saturated heterocycles. The van der Waals surface area contributed by atoms with Crippen molar-refractivity contribution in [3.05, 3.63) is 87.3 Å². The molecule has 2 aromatic carbocycles. The highest BCUT2D eigenvalue weighted by Crippen LogP contribution is 2.28. The average molecular weight is 444 g/mol. The lowest BCUT2D eigenvalue weighted by molar-refractivity contribution is 0.0973. The molecule has 168 valence electrons. The van der Waals surface area contributed by atoms with E-state index in [1.807, 2.05) is 30.3 Å². The van der Waals surface area contributed by atoms with Crippen LogP contribution in [0.15, 0.2) is 70.5 Å². The third-order valence-corrected chi connectivity index (χ3v) is 6.26. The summed E-state index contributed by atoms with van der Waals surface area (Å²) in [5.41, 5.74) is 0.817. The summed E-state index contributed by atoms with van der Waals surface area (Å²) in [6.07, 6.45) is 4.99. The second kappa shape index (κ2) is 8.54. The predicted molar refractivity (Wildman–Crippen MR) is 124 cm³/mol. The lowest BCUT2D eigenvalue weighted by Crippen LogP contribution is -2.42. The smallest absolute Gasteiger partial charge is 0.337 e. The molecular weight excluding hydrogens is 420 g/mol. The van der Waals surface area contributed by atoms with Crippen LogP contribution >= 0.6 is 0 Å². The Labute approximate surface area is 189 Å². The number of carbonyl (C=O) groups excluding carboxylic acids is 1. The van der Waals surface area contributed by atoms with Gasteiger partial charge in [-0.15, -0.1) is 0 Å². The normalized spacial score (nSPS) is 14.1. The summed E-state index contributed by atoms with van der Waals surface area (Å²) in [6, 6.07) is 15.9. The van der Waals surface area contributed by atoms with E-state index in [0.717, 1.165) is 25.7 Å². The maximum absolute atomic E-state index is 13.6. The highest BCUT2D eigenvalue weighted by molar-refractivity contribution is 5.96. The van der Waals surface area contributed by atoms with Crippen LogP contribution in [0.1, 0.15) is 42.1 Å². The van der Waals surface area contributed by atoms with E-state index in [1.54, 1.807) is 35.9 Å². The van der Waals surface area contributed by atoms with Crippen molar-refractivity contribution in [3.8, 4) is 11.4 Å². The van der Waals surface area contributed by atoms with Gasteiger partial charge in [-0.05, 0) is 37.1 Å². The number of fused-ring (bicyclic) bond motifs is 1. The SMILES string of the molecule is COc1cccc(C(=O)Cn2cnc3c2c(=O)n(C2CCCC2)c(=O)n3-c2ccccc2)c1. The van der Waals surface area contributed by atoms with Crippen LogP contribution in [0.4, 0.5) is 0 Å². The number of hydrogen-bond donors (Lipinski definition) is 0. The highest BCUT2D eigenvalue weighted by atomic mass is 16.5. The molecule has 2 heterocycles. The average Bonchev–Trinajstić information content (AvgIpc) is 3.51. The van der Waals surface area contributed by atoms with Gasteiger partial charge in [-0.1, -0.05) is 43.2 Å². The summed E-state index contributed by atoms with van der Waals surface area (Å²) >= 11 is 0. The van der Waals surface area contributed by atoms with Gasteiger partial charge in [-0.2, -0.15) is 0 Å². The van der Waals surface area contributed by atoms with E-state index < -0.39 is 11.2 Å². The molecule has 8 heteroatoms. The molecule has 33 heavy (non-hydrogen) atoms. The van der Waals surface area contributed by atoms with Gasteiger partial charge < -0.3 is 9.30 Å². The van der Waals surface area contributed by atoms with E-state index in [4.69, 9.17) is 4.74 Å². The number of hydrogen-bond acceptors (Lipinski definition) is 5. The van der Waals surface area contributed by atoms with Crippen molar-refractivity contribution in [1.29, 1.82) is 0 Å². The molecule has 2 aromatic heterocycles. The number of Topliss-reactive ketones (excluding diaryl/α,β-unsaturated/α-hetero) is 1. The van der Waals surface area contributed by atoms with Crippen molar-refractivity contribution < 1.29 is 9.53 Å². The summed E-state index contributed by atoms with van der Waals surface area (Å²) in [7, 11) is 1.54. The zero-order valence-corrected chi connectivity index (χ0v) is 18.3. The third-order valence-electron chi connectivity index (χ3n) is 6.26. The first-order valence-corrected chi connectivity index (χ1v) is 11.0. The Morgan fingerprint density at radius 1 is 1.06 bits per heavy atom.